The van der Waals surface area contributed by atoms with E-state index in [4.69, 9.17) is 4.74 Å². The maximum absolute atomic E-state index is 15.1. The molecule has 1 aromatic heterocycles. The normalized spacial score (nSPS) is 19.2. The van der Waals surface area contributed by atoms with Crippen LogP contribution in [-0.4, -0.2) is 59.0 Å². The van der Waals surface area contributed by atoms with E-state index in [2.05, 4.69) is 10.4 Å². The summed E-state index contributed by atoms with van der Waals surface area (Å²) in [5.74, 6) is -0.658. The van der Waals surface area contributed by atoms with E-state index >= 15 is 4.39 Å². The minimum absolute atomic E-state index is 0.0297. The predicted molar refractivity (Wildman–Crippen MR) is 133 cm³/mol. The van der Waals surface area contributed by atoms with Crippen LogP contribution in [0.3, 0.4) is 0 Å². The van der Waals surface area contributed by atoms with Crippen LogP contribution in [0.2, 0.25) is 0 Å². The highest BCUT2D eigenvalue weighted by Gasteiger charge is 2.33. The van der Waals surface area contributed by atoms with Gasteiger partial charge in [0.2, 0.25) is 5.91 Å². The van der Waals surface area contributed by atoms with Crippen molar-refractivity contribution in [2.45, 2.75) is 25.5 Å². The summed E-state index contributed by atoms with van der Waals surface area (Å²) in [5, 5.41) is 18.0. The van der Waals surface area contributed by atoms with Crippen molar-refractivity contribution in [2.24, 2.45) is 0 Å². The highest BCUT2D eigenvalue weighted by Crippen LogP contribution is 2.33. The van der Waals surface area contributed by atoms with E-state index in [0.717, 1.165) is 17.5 Å². The molecular weight excluding hydrogens is 483 g/mol. The number of benzene rings is 2. The number of anilines is 2. The number of ether oxygens (including phenoxy) is 1. The number of carbonyl (C=O) groups is 2. The smallest absolute Gasteiger partial charge is 0.414 e. The molecule has 0 bridgehead atoms. The molecule has 2 fully saturated rings. The maximum Gasteiger partial charge on any atom is 0.414 e. The molecule has 1 N–H and O–H groups in total. The van der Waals surface area contributed by atoms with Gasteiger partial charge in [-0.15, -0.1) is 0 Å². The summed E-state index contributed by atoms with van der Waals surface area (Å²) in [5.41, 5.74) is 2.54. The zero-order chi connectivity index (χ0) is 26.1. The second-order valence-corrected chi connectivity index (χ2v) is 9.09. The van der Waals surface area contributed by atoms with Crippen molar-refractivity contribution in [3.63, 3.8) is 0 Å². The lowest BCUT2D eigenvalue weighted by molar-refractivity contribution is -0.384. The van der Waals surface area contributed by atoms with Crippen molar-refractivity contribution in [1.82, 2.24) is 15.1 Å². The van der Waals surface area contributed by atoms with E-state index in [1.807, 2.05) is 15.8 Å². The summed E-state index contributed by atoms with van der Waals surface area (Å²) >= 11 is 0. The lowest BCUT2D eigenvalue weighted by atomic mass is 10.1. The third-order valence-electron chi connectivity index (χ3n) is 6.59. The molecule has 37 heavy (non-hydrogen) atoms. The molecule has 3 aromatic rings. The molecular formula is C25H25FN6O5. The Labute approximate surface area is 211 Å². The van der Waals surface area contributed by atoms with Gasteiger partial charge < -0.3 is 15.0 Å². The van der Waals surface area contributed by atoms with Crippen LogP contribution in [-0.2, 0) is 9.53 Å². The summed E-state index contributed by atoms with van der Waals surface area (Å²) in [6.45, 7) is 3.00. The van der Waals surface area contributed by atoms with E-state index < -0.39 is 22.9 Å². The molecule has 0 aliphatic carbocycles. The molecule has 5 rings (SSSR count). The van der Waals surface area contributed by atoms with Gasteiger partial charge in [0.15, 0.2) is 0 Å². The predicted octanol–water partition coefficient (Wildman–Crippen LogP) is 3.51. The molecule has 0 saturated carbocycles. The van der Waals surface area contributed by atoms with Crippen molar-refractivity contribution in [1.29, 1.82) is 0 Å². The molecule has 12 heteroatoms. The molecule has 0 radical (unpaired) electrons. The first-order valence-electron chi connectivity index (χ1n) is 11.8. The number of nitro groups is 1. The van der Waals surface area contributed by atoms with Crippen LogP contribution in [0, 0.1) is 15.9 Å². The zero-order valence-electron chi connectivity index (χ0n) is 20.0. The van der Waals surface area contributed by atoms with Gasteiger partial charge in [0.1, 0.15) is 11.9 Å². The fourth-order valence-corrected chi connectivity index (χ4v) is 4.66. The van der Waals surface area contributed by atoms with Crippen molar-refractivity contribution in [2.75, 3.05) is 36.0 Å². The third-order valence-corrected chi connectivity index (χ3v) is 6.59. The van der Waals surface area contributed by atoms with Gasteiger partial charge in [-0.1, -0.05) is 0 Å². The van der Waals surface area contributed by atoms with Crippen molar-refractivity contribution < 1.29 is 23.6 Å². The van der Waals surface area contributed by atoms with E-state index in [1.54, 1.807) is 30.5 Å². The minimum atomic E-state index is -0.578. The number of aromatic nitrogens is 2. The van der Waals surface area contributed by atoms with E-state index in [0.29, 0.717) is 24.5 Å². The fourth-order valence-electron chi connectivity index (χ4n) is 4.66. The van der Waals surface area contributed by atoms with Crippen LogP contribution < -0.4 is 15.1 Å². The quantitative estimate of drug-likeness (QED) is 0.383. The largest absolute Gasteiger partial charge is 0.442 e. The summed E-state index contributed by atoms with van der Waals surface area (Å²) in [4.78, 5) is 37.1. The lowest BCUT2D eigenvalue weighted by Crippen LogP contribution is -2.33. The highest BCUT2D eigenvalue weighted by atomic mass is 19.1. The zero-order valence-corrected chi connectivity index (χ0v) is 20.0. The van der Waals surface area contributed by atoms with Gasteiger partial charge in [-0.3, -0.25) is 24.5 Å². The average Bonchev–Trinajstić information content (AvgIpc) is 3.62. The number of nitrogens with zero attached hydrogens (tertiary/aromatic N) is 5. The van der Waals surface area contributed by atoms with Gasteiger partial charge in [0.05, 0.1) is 41.6 Å². The Morgan fingerprint density at radius 1 is 1.22 bits per heavy atom. The van der Waals surface area contributed by atoms with Crippen LogP contribution in [0.4, 0.5) is 26.2 Å². The fraction of sp³-hybridized carbons (Fsp3) is 0.320. The number of amides is 2. The van der Waals surface area contributed by atoms with Crippen LogP contribution in [0.5, 0.6) is 0 Å². The first-order valence-corrected chi connectivity index (χ1v) is 11.8. The van der Waals surface area contributed by atoms with Crippen LogP contribution >= 0.6 is 0 Å². The Kier molecular flexibility index (Phi) is 6.47. The molecule has 192 valence electrons. The highest BCUT2D eigenvalue weighted by molar-refractivity contribution is 5.90. The number of hydrogen-bond donors (Lipinski definition) is 1. The monoisotopic (exact) mass is 508 g/mol. The van der Waals surface area contributed by atoms with Crippen molar-refractivity contribution in [3.8, 4) is 11.1 Å². The van der Waals surface area contributed by atoms with Gasteiger partial charge >= 0.3 is 6.09 Å². The maximum atomic E-state index is 15.1. The summed E-state index contributed by atoms with van der Waals surface area (Å²) in [6.07, 6.45) is 3.31. The Hall–Kier alpha value is -4.48. The first kappa shape index (κ1) is 24.2. The molecule has 2 amide bonds. The second-order valence-electron chi connectivity index (χ2n) is 9.09. The molecule has 2 atom stereocenters. The first-order chi connectivity index (χ1) is 17.8. The van der Waals surface area contributed by atoms with Crippen molar-refractivity contribution in [3.05, 3.63) is 70.8 Å². The molecule has 0 spiro atoms. The van der Waals surface area contributed by atoms with Crippen LogP contribution in [0.25, 0.3) is 11.1 Å². The van der Waals surface area contributed by atoms with Gasteiger partial charge in [-0.05, 0) is 42.3 Å². The third kappa shape index (κ3) is 5.08. The summed E-state index contributed by atoms with van der Waals surface area (Å²) in [6, 6.07) is 11.0. The Morgan fingerprint density at radius 2 is 2.00 bits per heavy atom. The summed E-state index contributed by atoms with van der Waals surface area (Å²) in [7, 11) is 0. The number of rotatable bonds is 7. The molecule has 2 aromatic carbocycles. The molecule has 2 aliphatic heterocycles. The SMILES string of the molecule is CC(=O)NC[C@H]1CN(c2ccc(N3CCC(n4cc(-c5ccc([N+](=O)[O-])cc5)cn4)C3)c(F)c2)C(=O)O1. The van der Waals surface area contributed by atoms with Crippen molar-refractivity contribution >= 4 is 29.1 Å². The van der Waals surface area contributed by atoms with Gasteiger partial charge in [-0.2, -0.15) is 5.10 Å². The second kappa shape index (κ2) is 9.88. The topological polar surface area (TPSA) is 123 Å². The minimum Gasteiger partial charge on any atom is -0.442 e. The number of nitro benzene ring substituents is 1. The van der Waals surface area contributed by atoms with E-state index in [1.165, 1.54) is 30.0 Å². The van der Waals surface area contributed by atoms with E-state index in [9.17, 15) is 19.7 Å². The average molecular weight is 509 g/mol. The Balaban J connectivity index is 1.24. The number of carbonyl (C=O) groups excluding carboxylic acids is 2. The van der Waals surface area contributed by atoms with E-state index in [-0.39, 0.29) is 30.7 Å². The number of cyclic esters (lactones) is 1. The van der Waals surface area contributed by atoms with Crippen LogP contribution in [0.1, 0.15) is 19.4 Å². The molecule has 1 unspecified atom stereocenters. The molecule has 2 aliphatic rings. The number of nitrogens with one attached hydrogen (secondary N) is 1. The number of non-ortho nitro benzene ring substituents is 1. The van der Waals surface area contributed by atoms with Gasteiger partial charge in [0, 0.05) is 43.9 Å². The van der Waals surface area contributed by atoms with Crippen LogP contribution in [0.15, 0.2) is 54.9 Å². The molecule has 3 heterocycles. The lowest BCUT2D eigenvalue weighted by Gasteiger charge is -2.21. The molecule has 11 nitrogen and oxygen atoms in total. The Morgan fingerprint density at radius 3 is 2.70 bits per heavy atom. The Bertz CT molecular complexity index is 1340. The van der Waals surface area contributed by atoms with Gasteiger partial charge in [-0.25, -0.2) is 9.18 Å². The van der Waals surface area contributed by atoms with Gasteiger partial charge in [0.25, 0.3) is 5.69 Å². The standard InChI is InChI=1S/C25H25FN6O5/c1-16(33)27-12-22-15-30(25(34)37-22)20-6-7-24(23(26)10-20)29-9-8-21(14-29)31-13-18(11-28-31)17-2-4-19(5-3-17)32(35)36/h2-7,10-11,13,21-22H,8-9,12,14-15H2,1H3,(H,27,33)/t21?,22-/m0/s1. The number of halogens is 1. The molecule has 2 saturated heterocycles. The number of hydrogen-bond acceptors (Lipinski definition) is 7. The summed E-state index contributed by atoms with van der Waals surface area (Å²) < 4.78 is 22.2.